The van der Waals surface area contributed by atoms with Crippen LogP contribution in [0.1, 0.15) is 25.7 Å². The average Bonchev–Trinajstić information content (AvgIpc) is 1.97. The molecule has 0 aromatic heterocycles. The molecule has 0 radical (unpaired) electrons. The topological polar surface area (TPSA) is 72.2 Å². The number of nitrogens with one attached hydrogen (secondary N) is 1. The number of hydrogen-bond donors (Lipinski definition) is 2. The van der Waals surface area contributed by atoms with Gasteiger partial charge in [0.25, 0.3) is 0 Å². The van der Waals surface area contributed by atoms with Crippen molar-refractivity contribution in [1.29, 1.82) is 0 Å². The summed E-state index contributed by atoms with van der Waals surface area (Å²) >= 11 is 0. The third kappa shape index (κ3) is 5.13. The normalized spacial score (nSPS) is 26.5. The number of rotatable bonds is 5. The van der Waals surface area contributed by atoms with Gasteiger partial charge in [-0.3, -0.25) is 0 Å². The lowest BCUT2D eigenvalue weighted by Gasteiger charge is -2.32. The molecule has 16 heavy (non-hydrogen) atoms. The molecule has 1 aliphatic rings. The van der Waals surface area contributed by atoms with Crippen LogP contribution >= 0.6 is 0 Å². The Morgan fingerprint density at radius 2 is 1.88 bits per heavy atom. The van der Waals surface area contributed by atoms with Crippen LogP contribution in [-0.4, -0.2) is 32.4 Å². The van der Waals surface area contributed by atoms with E-state index in [0.29, 0.717) is 12.8 Å². The lowest BCUT2D eigenvalue weighted by atomic mass is 9.89. The molecule has 8 heteroatoms. The van der Waals surface area contributed by atoms with E-state index in [1.165, 1.54) is 0 Å². The molecule has 1 fully saturated rings. The summed E-state index contributed by atoms with van der Waals surface area (Å²) in [5.41, 5.74) is 5.46. The predicted molar refractivity (Wildman–Crippen MR) is 53.2 cm³/mol. The summed E-state index contributed by atoms with van der Waals surface area (Å²) in [7, 11) is -3.59. The predicted octanol–water partition coefficient (Wildman–Crippen LogP) is 0.738. The molecule has 1 rings (SSSR count). The second-order valence-electron chi connectivity index (χ2n) is 4.08. The highest BCUT2D eigenvalue weighted by atomic mass is 32.2. The third-order valence-electron chi connectivity index (χ3n) is 2.39. The number of nitrogens with two attached hydrogens (primary N) is 1. The van der Waals surface area contributed by atoms with Gasteiger partial charge in [-0.2, -0.15) is 13.2 Å². The molecule has 1 aliphatic carbocycles. The zero-order valence-corrected chi connectivity index (χ0v) is 9.44. The highest BCUT2D eigenvalue weighted by Gasteiger charge is 2.31. The van der Waals surface area contributed by atoms with Crippen LogP contribution in [0.4, 0.5) is 13.2 Å². The van der Waals surface area contributed by atoms with E-state index >= 15 is 0 Å². The Hall–Kier alpha value is -0.340. The van der Waals surface area contributed by atoms with Crippen LogP contribution in [0.5, 0.6) is 0 Å². The highest BCUT2D eigenvalue weighted by Crippen LogP contribution is 2.22. The molecule has 1 saturated carbocycles. The monoisotopic (exact) mass is 260 g/mol. The standard InChI is InChI=1S/C8H15F3N2O2S/c9-8(10,11)2-1-3-16(14,15)13-7-4-6(12)5-7/h6-7,13H,1-5,12H2. The van der Waals surface area contributed by atoms with Gasteiger partial charge in [-0.05, 0) is 19.3 Å². The zero-order valence-electron chi connectivity index (χ0n) is 8.63. The Labute approximate surface area is 92.4 Å². The van der Waals surface area contributed by atoms with Gasteiger partial charge in [-0.1, -0.05) is 0 Å². The minimum absolute atomic E-state index is 0.00266. The zero-order chi connectivity index (χ0) is 12.4. The molecule has 0 aromatic rings. The van der Waals surface area contributed by atoms with Crippen LogP contribution in [0.15, 0.2) is 0 Å². The molecule has 3 N–H and O–H groups in total. The minimum atomic E-state index is -4.30. The average molecular weight is 260 g/mol. The molecular formula is C8H15F3N2O2S. The van der Waals surface area contributed by atoms with Crippen LogP contribution in [0, 0.1) is 0 Å². The largest absolute Gasteiger partial charge is 0.389 e. The first kappa shape index (κ1) is 13.7. The highest BCUT2D eigenvalue weighted by molar-refractivity contribution is 7.89. The molecule has 0 atom stereocenters. The molecule has 0 saturated heterocycles. The Kier molecular flexibility index (Phi) is 4.19. The molecule has 0 aromatic carbocycles. The van der Waals surface area contributed by atoms with Crippen LogP contribution < -0.4 is 10.5 Å². The second kappa shape index (κ2) is 4.89. The molecule has 0 aliphatic heterocycles. The maximum absolute atomic E-state index is 11.8. The lowest BCUT2D eigenvalue weighted by molar-refractivity contribution is -0.134. The van der Waals surface area contributed by atoms with Crippen LogP contribution in [0.3, 0.4) is 0 Å². The summed E-state index contributed by atoms with van der Waals surface area (Å²) in [4.78, 5) is 0. The number of hydrogen-bond acceptors (Lipinski definition) is 3. The number of sulfonamides is 1. The summed E-state index contributed by atoms with van der Waals surface area (Å²) in [5.74, 6) is -0.488. The Balaban J connectivity index is 2.24. The summed E-state index contributed by atoms with van der Waals surface area (Å²) in [6.07, 6.45) is -4.67. The molecule has 96 valence electrons. The van der Waals surface area contributed by atoms with Gasteiger partial charge in [0, 0.05) is 18.5 Å². The van der Waals surface area contributed by atoms with Crippen molar-refractivity contribution in [2.75, 3.05) is 5.75 Å². The summed E-state index contributed by atoms with van der Waals surface area (Å²) in [5, 5.41) is 0. The number of alkyl halides is 3. The van der Waals surface area contributed by atoms with Gasteiger partial charge >= 0.3 is 6.18 Å². The van der Waals surface area contributed by atoms with Crippen molar-refractivity contribution in [2.24, 2.45) is 5.73 Å². The van der Waals surface area contributed by atoms with Crippen molar-refractivity contribution in [3.05, 3.63) is 0 Å². The fourth-order valence-corrected chi connectivity index (χ4v) is 2.88. The number of halogens is 3. The molecule has 0 heterocycles. The lowest BCUT2D eigenvalue weighted by Crippen LogP contribution is -2.50. The molecule has 0 amide bonds. The van der Waals surface area contributed by atoms with E-state index in [9.17, 15) is 21.6 Å². The first-order chi connectivity index (χ1) is 7.18. The summed E-state index contributed by atoms with van der Waals surface area (Å²) < 4.78 is 60.3. The van der Waals surface area contributed by atoms with E-state index in [0.717, 1.165) is 0 Å². The van der Waals surface area contributed by atoms with Gasteiger partial charge in [0.05, 0.1) is 5.75 Å². The first-order valence-corrected chi connectivity index (χ1v) is 6.65. The van der Waals surface area contributed by atoms with Gasteiger partial charge in [0.2, 0.25) is 10.0 Å². The van der Waals surface area contributed by atoms with Crippen LogP contribution in [-0.2, 0) is 10.0 Å². The fraction of sp³-hybridized carbons (Fsp3) is 1.00. The molecule has 0 unspecified atom stereocenters. The van der Waals surface area contributed by atoms with Gasteiger partial charge in [-0.25, -0.2) is 13.1 Å². The van der Waals surface area contributed by atoms with Gasteiger partial charge in [0.1, 0.15) is 0 Å². The van der Waals surface area contributed by atoms with Crippen molar-refractivity contribution in [3.8, 4) is 0 Å². The van der Waals surface area contributed by atoms with Crippen molar-refractivity contribution in [2.45, 2.75) is 43.9 Å². The van der Waals surface area contributed by atoms with Gasteiger partial charge in [0.15, 0.2) is 0 Å². The maximum atomic E-state index is 11.8. The SMILES string of the molecule is NC1CC(NS(=O)(=O)CCCC(F)(F)F)C1. The van der Waals surface area contributed by atoms with E-state index in [-0.39, 0.29) is 12.1 Å². The van der Waals surface area contributed by atoms with Crippen molar-refractivity contribution in [3.63, 3.8) is 0 Å². The van der Waals surface area contributed by atoms with Gasteiger partial charge < -0.3 is 5.73 Å². The van der Waals surface area contributed by atoms with E-state index < -0.39 is 34.8 Å². The Morgan fingerprint density at radius 1 is 1.31 bits per heavy atom. The van der Waals surface area contributed by atoms with Crippen LogP contribution in [0.25, 0.3) is 0 Å². The Morgan fingerprint density at radius 3 is 2.31 bits per heavy atom. The molecule has 0 bridgehead atoms. The fourth-order valence-electron chi connectivity index (χ4n) is 1.53. The van der Waals surface area contributed by atoms with E-state index in [2.05, 4.69) is 4.72 Å². The maximum Gasteiger partial charge on any atom is 0.389 e. The van der Waals surface area contributed by atoms with E-state index in [1.807, 2.05) is 0 Å². The van der Waals surface area contributed by atoms with Crippen LogP contribution in [0.2, 0.25) is 0 Å². The molecular weight excluding hydrogens is 245 g/mol. The van der Waals surface area contributed by atoms with Crippen molar-refractivity contribution < 1.29 is 21.6 Å². The summed E-state index contributed by atoms with van der Waals surface area (Å²) in [6.45, 7) is 0. The third-order valence-corrected chi connectivity index (χ3v) is 3.91. The van der Waals surface area contributed by atoms with Gasteiger partial charge in [-0.15, -0.1) is 0 Å². The minimum Gasteiger partial charge on any atom is -0.328 e. The van der Waals surface area contributed by atoms with Crippen molar-refractivity contribution in [1.82, 2.24) is 4.72 Å². The van der Waals surface area contributed by atoms with E-state index in [4.69, 9.17) is 5.73 Å². The molecule has 4 nitrogen and oxygen atoms in total. The second-order valence-corrected chi connectivity index (χ2v) is 5.96. The molecule has 0 spiro atoms. The van der Waals surface area contributed by atoms with E-state index in [1.54, 1.807) is 0 Å². The summed E-state index contributed by atoms with van der Waals surface area (Å²) in [6, 6.07) is -0.200. The Bertz CT molecular complexity index is 323. The quantitative estimate of drug-likeness (QED) is 0.765. The smallest absolute Gasteiger partial charge is 0.328 e. The van der Waals surface area contributed by atoms with Crippen molar-refractivity contribution >= 4 is 10.0 Å². The first-order valence-electron chi connectivity index (χ1n) is 5.00.